The number of hydrogen-bond donors (Lipinski definition) is 1. The van der Waals surface area contributed by atoms with E-state index in [2.05, 4.69) is 4.98 Å². The predicted molar refractivity (Wildman–Crippen MR) is 51.6 cm³/mol. The van der Waals surface area contributed by atoms with E-state index in [1.807, 2.05) is 0 Å². The van der Waals surface area contributed by atoms with Crippen LogP contribution in [0.1, 0.15) is 24.1 Å². The maximum absolute atomic E-state index is 11.7. The first-order valence-corrected chi connectivity index (χ1v) is 5.28. The smallest absolute Gasteiger partial charge is 0.157 e. The van der Waals surface area contributed by atoms with Crippen molar-refractivity contribution in [3.63, 3.8) is 0 Å². The Morgan fingerprint density at radius 1 is 1.69 bits per heavy atom. The summed E-state index contributed by atoms with van der Waals surface area (Å²) in [5, 5.41) is 0. The van der Waals surface area contributed by atoms with Crippen LogP contribution in [0.4, 0.5) is 0 Å². The predicted octanol–water partition coefficient (Wildman–Crippen LogP) is 1.14. The molecule has 1 aromatic rings. The molecule has 0 amide bonds. The van der Waals surface area contributed by atoms with Gasteiger partial charge in [-0.05, 0) is 19.3 Å². The van der Waals surface area contributed by atoms with E-state index in [4.69, 9.17) is 5.73 Å². The normalized spacial score (nSPS) is 19.5. The first-order valence-electron chi connectivity index (χ1n) is 4.40. The van der Waals surface area contributed by atoms with Crippen LogP contribution in [0.15, 0.2) is 11.7 Å². The van der Waals surface area contributed by atoms with E-state index in [0.717, 1.165) is 24.1 Å². The zero-order valence-electron chi connectivity index (χ0n) is 7.32. The molecule has 1 heterocycles. The average molecular weight is 196 g/mol. The molecule has 1 fully saturated rings. The first-order chi connectivity index (χ1) is 6.21. The number of Topliss-reactive ketones (excluding diaryl/α,β-unsaturated/α-hetero) is 1. The molecule has 0 radical (unpaired) electrons. The van der Waals surface area contributed by atoms with Crippen molar-refractivity contribution in [1.82, 2.24) is 4.98 Å². The summed E-state index contributed by atoms with van der Waals surface area (Å²) in [5.41, 5.74) is 7.13. The highest BCUT2D eigenvalue weighted by Crippen LogP contribution is 2.31. The van der Waals surface area contributed by atoms with Crippen LogP contribution in [0, 0.1) is 0 Å². The Kier molecular flexibility index (Phi) is 2.17. The minimum atomic E-state index is -0.510. The van der Waals surface area contributed by atoms with Crippen LogP contribution in [0.25, 0.3) is 0 Å². The average Bonchev–Trinajstić information content (AvgIpc) is 2.52. The van der Waals surface area contributed by atoms with Crippen molar-refractivity contribution >= 4 is 17.1 Å². The molecule has 0 unspecified atom stereocenters. The van der Waals surface area contributed by atoms with Gasteiger partial charge in [0, 0.05) is 17.5 Å². The van der Waals surface area contributed by atoms with E-state index in [9.17, 15) is 4.79 Å². The van der Waals surface area contributed by atoms with E-state index >= 15 is 0 Å². The second-order valence-electron chi connectivity index (χ2n) is 3.58. The summed E-state index contributed by atoms with van der Waals surface area (Å²) in [6, 6.07) is 0. The van der Waals surface area contributed by atoms with Crippen molar-refractivity contribution in [3.05, 3.63) is 16.6 Å². The molecular weight excluding hydrogens is 184 g/mol. The van der Waals surface area contributed by atoms with E-state index in [1.54, 1.807) is 11.7 Å². The van der Waals surface area contributed by atoms with Crippen LogP contribution in [-0.2, 0) is 11.2 Å². The van der Waals surface area contributed by atoms with Crippen molar-refractivity contribution in [1.29, 1.82) is 0 Å². The molecule has 0 aromatic carbocycles. The minimum Gasteiger partial charge on any atom is -0.319 e. The Bertz CT molecular complexity index is 303. The Morgan fingerprint density at radius 2 is 2.46 bits per heavy atom. The van der Waals surface area contributed by atoms with Gasteiger partial charge in [-0.15, -0.1) is 11.3 Å². The quantitative estimate of drug-likeness (QED) is 0.788. The summed E-state index contributed by atoms with van der Waals surface area (Å²) in [5.74, 6) is 0.169. The summed E-state index contributed by atoms with van der Waals surface area (Å²) in [4.78, 5) is 16.6. The van der Waals surface area contributed by atoms with Crippen molar-refractivity contribution in [3.8, 4) is 0 Å². The zero-order valence-corrected chi connectivity index (χ0v) is 8.14. The summed E-state index contributed by atoms with van der Waals surface area (Å²) >= 11 is 1.51. The third kappa shape index (κ3) is 1.64. The maximum atomic E-state index is 11.7. The lowest BCUT2D eigenvalue weighted by molar-refractivity contribution is -0.126. The molecule has 2 N–H and O–H groups in total. The summed E-state index contributed by atoms with van der Waals surface area (Å²) in [6.45, 7) is 0. The molecule has 70 valence electrons. The van der Waals surface area contributed by atoms with Crippen LogP contribution < -0.4 is 5.73 Å². The lowest BCUT2D eigenvalue weighted by Crippen LogP contribution is -2.54. The lowest BCUT2D eigenvalue weighted by atomic mass is 9.74. The van der Waals surface area contributed by atoms with Crippen LogP contribution >= 0.6 is 11.3 Å². The highest BCUT2D eigenvalue weighted by molar-refractivity contribution is 7.09. The van der Waals surface area contributed by atoms with Gasteiger partial charge in [-0.1, -0.05) is 0 Å². The molecule has 13 heavy (non-hydrogen) atoms. The molecule has 1 aromatic heterocycles. The van der Waals surface area contributed by atoms with Gasteiger partial charge in [0.2, 0.25) is 0 Å². The van der Waals surface area contributed by atoms with E-state index < -0.39 is 5.54 Å². The highest BCUT2D eigenvalue weighted by Gasteiger charge is 2.39. The van der Waals surface area contributed by atoms with Crippen molar-refractivity contribution in [2.45, 2.75) is 31.2 Å². The molecule has 2 rings (SSSR count). The largest absolute Gasteiger partial charge is 0.319 e. The second kappa shape index (κ2) is 3.20. The SMILES string of the molecule is NC1(C(=O)Cc2cncs2)CCC1. The number of thiazole rings is 1. The summed E-state index contributed by atoms with van der Waals surface area (Å²) in [7, 11) is 0. The molecule has 3 nitrogen and oxygen atoms in total. The molecule has 0 aliphatic heterocycles. The number of hydrogen-bond acceptors (Lipinski definition) is 4. The van der Waals surface area contributed by atoms with Crippen LogP contribution in [0.3, 0.4) is 0 Å². The number of aromatic nitrogens is 1. The third-order valence-electron chi connectivity index (χ3n) is 2.62. The van der Waals surface area contributed by atoms with E-state index in [1.165, 1.54) is 11.3 Å². The summed E-state index contributed by atoms with van der Waals surface area (Å²) < 4.78 is 0. The summed E-state index contributed by atoms with van der Waals surface area (Å²) in [6.07, 6.45) is 4.99. The minimum absolute atomic E-state index is 0.169. The van der Waals surface area contributed by atoms with Crippen LogP contribution in [-0.4, -0.2) is 16.3 Å². The molecule has 1 saturated carbocycles. The van der Waals surface area contributed by atoms with Gasteiger partial charge in [0.15, 0.2) is 5.78 Å². The van der Waals surface area contributed by atoms with Gasteiger partial charge >= 0.3 is 0 Å². The van der Waals surface area contributed by atoms with Crippen molar-refractivity contribution in [2.24, 2.45) is 5.73 Å². The molecule has 0 spiro atoms. The number of nitrogens with two attached hydrogens (primary N) is 1. The van der Waals surface area contributed by atoms with Crippen molar-refractivity contribution < 1.29 is 4.79 Å². The van der Waals surface area contributed by atoms with Gasteiger partial charge in [0.1, 0.15) is 0 Å². The molecule has 1 aliphatic carbocycles. The van der Waals surface area contributed by atoms with Gasteiger partial charge in [0.25, 0.3) is 0 Å². The number of nitrogens with zero attached hydrogens (tertiary/aromatic N) is 1. The number of ketones is 1. The van der Waals surface area contributed by atoms with Gasteiger partial charge in [-0.2, -0.15) is 0 Å². The molecule has 1 aliphatic rings. The van der Waals surface area contributed by atoms with Crippen LogP contribution in [0.5, 0.6) is 0 Å². The first kappa shape index (κ1) is 8.84. The Labute approximate surface area is 81.0 Å². The third-order valence-corrected chi connectivity index (χ3v) is 3.40. The van der Waals surface area contributed by atoms with Crippen molar-refractivity contribution in [2.75, 3.05) is 0 Å². The van der Waals surface area contributed by atoms with Gasteiger partial charge < -0.3 is 5.73 Å². The lowest BCUT2D eigenvalue weighted by Gasteiger charge is -2.36. The van der Waals surface area contributed by atoms with Gasteiger partial charge in [-0.25, -0.2) is 0 Å². The zero-order chi connectivity index (χ0) is 9.31. The maximum Gasteiger partial charge on any atom is 0.157 e. The monoisotopic (exact) mass is 196 g/mol. The van der Waals surface area contributed by atoms with E-state index in [0.29, 0.717) is 6.42 Å². The number of rotatable bonds is 3. The van der Waals surface area contributed by atoms with E-state index in [-0.39, 0.29) is 5.78 Å². The Hall–Kier alpha value is -0.740. The standard InChI is InChI=1S/C9H12N2OS/c10-9(2-1-3-9)8(12)4-7-5-11-6-13-7/h5-6H,1-4,10H2. The highest BCUT2D eigenvalue weighted by atomic mass is 32.1. The second-order valence-corrected chi connectivity index (χ2v) is 4.55. The fourth-order valence-corrected chi connectivity index (χ4v) is 2.09. The Balaban J connectivity index is 1.99. The molecule has 0 atom stereocenters. The molecule has 0 bridgehead atoms. The number of carbonyl (C=O) groups excluding carboxylic acids is 1. The number of carbonyl (C=O) groups is 1. The van der Waals surface area contributed by atoms with Gasteiger partial charge in [-0.3, -0.25) is 9.78 Å². The fraction of sp³-hybridized carbons (Fsp3) is 0.556. The molecule has 4 heteroatoms. The van der Waals surface area contributed by atoms with Gasteiger partial charge in [0.05, 0.1) is 11.0 Å². The molecular formula is C9H12N2OS. The van der Waals surface area contributed by atoms with Crippen LogP contribution in [0.2, 0.25) is 0 Å². The Morgan fingerprint density at radius 3 is 2.92 bits per heavy atom. The fourth-order valence-electron chi connectivity index (χ4n) is 1.50. The molecule has 0 saturated heterocycles. The topological polar surface area (TPSA) is 56.0 Å².